The van der Waals surface area contributed by atoms with Gasteiger partial charge in [0, 0.05) is 11.9 Å². The van der Waals surface area contributed by atoms with Gasteiger partial charge in [0.1, 0.15) is 5.58 Å². The maximum atomic E-state index is 11.7. The third kappa shape index (κ3) is 2.20. The lowest BCUT2D eigenvalue weighted by molar-refractivity contribution is 0.0968. The van der Waals surface area contributed by atoms with Crippen LogP contribution < -0.4 is 5.32 Å². The molecule has 1 aromatic carbocycles. The van der Waals surface area contributed by atoms with E-state index < -0.39 is 0 Å². The van der Waals surface area contributed by atoms with Crippen molar-refractivity contribution in [2.24, 2.45) is 0 Å². The summed E-state index contributed by atoms with van der Waals surface area (Å²) in [4.78, 5) is 11.7. The molecule has 0 bridgehead atoms. The zero-order chi connectivity index (χ0) is 11.4. The Kier molecular flexibility index (Phi) is 3.17. The zero-order valence-electron chi connectivity index (χ0n) is 8.90. The molecule has 0 aliphatic heterocycles. The number of furan rings is 1. The Morgan fingerprint density at radius 2 is 2.25 bits per heavy atom. The average molecular weight is 215 g/mol. The summed E-state index contributed by atoms with van der Waals surface area (Å²) in [6.07, 6.45) is 1.71. The summed E-state index contributed by atoms with van der Waals surface area (Å²) in [5, 5.41) is 3.90. The molecule has 0 atom stereocenters. The fourth-order valence-corrected chi connectivity index (χ4v) is 1.49. The molecular formula is C13H13NO2. The molecule has 1 aromatic heterocycles. The van der Waals surface area contributed by atoms with Crippen LogP contribution in [0.3, 0.4) is 0 Å². The largest absolute Gasteiger partial charge is 0.453 e. The molecule has 0 saturated heterocycles. The van der Waals surface area contributed by atoms with Crippen molar-refractivity contribution in [2.45, 2.75) is 0 Å². The van der Waals surface area contributed by atoms with Crippen LogP contribution in [0.25, 0.3) is 11.0 Å². The van der Waals surface area contributed by atoms with E-state index in [1.54, 1.807) is 12.1 Å². The maximum absolute atomic E-state index is 11.7. The predicted octanol–water partition coefficient (Wildman–Crippen LogP) is 2.39. The molecule has 0 amide bonds. The van der Waals surface area contributed by atoms with E-state index in [9.17, 15) is 4.79 Å². The highest BCUT2D eigenvalue weighted by Crippen LogP contribution is 2.18. The van der Waals surface area contributed by atoms with Crippen molar-refractivity contribution in [2.75, 3.05) is 13.1 Å². The molecular weight excluding hydrogens is 202 g/mol. The molecule has 0 spiro atoms. The molecule has 0 aliphatic rings. The Morgan fingerprint density at radius 3 is 3.00 bits per heavy atom. The van der Waals surface area contributed by atoms with Gasteiger partial charge >= 0.3 is 0 Å². The van der Waals surface area contributed by atoms with Gasteiger partial charge in [-0.25, -0.2) is 0 Å². The SMILES string of the molecule is C=CCNCC(=O)c1cc2ccccc2o1. The monoisotopic (exact) mass is 215 g/mol. The fraction of sp³-hybridized carbons (Fsp3) is 0.154. The second-order valence-corrected chi connectivity index (χ2v) is 3.49. The van der Waals surface area contributed by atoms with E-state index in [1.165, 1.54) is 0 Å². The minimum atomic E-state index is -0.0435. The highest BCUT2D eigenvalue weighted by atomic mass is 16.3. The quantitative estimate of drug-likeness (QED) is 0.473. The van der Waals surface area contributed by atoms with E-state index in [0.717, 1.165) is 11.0 Å². The molecule has 0 fully saturated rings. The highest BCUT2D eigenvalue weighted by Gasteiger charge is 2.10. The van der Waals surface area contributed by atoms with Crippen LogP contribution in [0.4, 0.5) is 0 Å². The smallest absolute Gasteiger partial charge is 0.211 e. The molecule has 2 aromatic rings. The molecule has 82 valence electrons. The lowest BCUT2D eigenvalue weighted by Gasteiger charge is -1.97. The van der Waals surface area contributed by atoms with E-state index in [2.05, 4.69) is 11.9 Å². The summed E-state index contributed by atoms with van der Waals surface area (Å²) in [5.74, 6) is 0.357. The second kappa shape index (κ2) is 4.77. The Morgan fingerprint density at radius 1 is 1.44 bits per heavy atom. The lowest BCUT2D eigenvalue weighted by Crippen LogP contribution is -2.22. The van der Waals surface area contributed by atoms with Gasteiger partial charge in [0.25, 0.3) is 0 Å². The van der Waals surface area contributed by atoms with Gasteiger partial charge in [-0.2, -0.15) is 0 Å². The van der Waals surface area contributed by atoms with Crippen molar-refractivity contribution < 1.29 is 9.21 Å². The van der Waals surface area contributed by atoms with Crippen molar-refractivity contribution in [1.82, 2.24) is 5.32 Å². The van der Waals surface area contributed by atoms with Gasteiger partial charge in [-0.3, -0.25) is 4.79 Å². The van der Waals surface area contributed by atoms with Crippen LogP contribution in [0.15, 0.2) is 47.4 Å². The second-order valence-electron chi connectivity index (χ2n) is 3.49. The number of rotatable bonds is 5. The minimum absolute atomic E-state index is 0.0435. The predicted molar refractivity (Wildman–Crippen MR) is 63.6 cm³/mol. The van der Waals surface area contributed by atoms with Crippen LogP contribution in [-0.2, 0) is 0 Å². The molecule has 0 unspecified atom stereocenters. The number of para-hydroxylation sites is 1. The number of hydrogen-bond acceptors (Lipinski definition) is 3. The topological polar surface area (TPSA) is 42.2 Å². The number of hydrogen-bond donors (Lipinski definition) is 1. The minimum Gasteiger partial charge on any atom is -0.453 e. The molecule has 1 N–H and O–H groups in total. The summed E-state index contributed by atoms with van der Waals surface area (Å²) in [6.45, 7) is 4.45. The molecule has 3 nitrogen and oxygen atoms in total. The number of ketones is 1. The van der Waals surface area contributed by atoms with Crippen LogP contribution in [0.2, 0.25) is 0 Å². The zero-order valence-corrected chi connectivity index (χ0v) is 8.90. The van der Waals surface area contributed by atoms with Crippen molar-refractivity contribution in [3.8, 4) is 0 Å². The number of fused-ring (bicyclic) bond motifs is 1. The van der Waals surface area contributed by atoms with Gasteiger partial charge in [-0.15, -0.1) is 6.58 Å². The molecule has 0 saturated carbocycles. The summed E-state index contributed by atoms with van der Waals surface area (Å²) >= 11 is 0. The van der Waals surface area contributed by atoms with Gasteiger partial charge < -0.3 is 9.73 Å². The van der Waals surface area contributed by atoms with Gasteiger partial charge in [0.2, 0.25) is 5.78 Å². The maximum Gasteiger partial charge on any atom is 0.211 e. The third-order valence-electron chi connectivity index (χ3n) is 2.27. The standard InChI is InChI=1S/C13H13NO2/c1-2-7-14-9-11(15)13-8-10-5-3-4-6-12(10)16-13/h2-6,8,14H,1,7,9H2. The summed E-state index contributed by atoms with van der Waals surface area (Å²) in [6, 6.07) is 9.35. The van der Waals surface area contributed by atoms with Crippen molar-refractivity contribution in [3.05, 3.63) is 48.7 Å². The van der Waals surface area contributed by atoms with Crippen LogP contribution >= 0.6 is 0 Å². The van der Waals surface area contributed by atoms with Crippen molar-refractivity contribution in [3.63, 3.8) is 0 Å². The first kappa shape index (κ1) is 10.6. The number of nitrogens with one attached hydrogen (secondary N) is 1. The van der Waals surface area contributed by atoms with E-state index in [4.69, 9.17) is 4.42 Å². The van der Waals surface area contributed by atoms with Crippen molar-refractivity contribution in [1.29, 1.82) is 0 Å². The number of carbonyl (C=O) groups excluding carboxylic acids is 1. The molecule has 16 heavy (non-hydrogen) atoms. The first-order valence-electron chi connectivity index (χ1n) is 5.14. The first-order valence-corrected chi connectivity index (χ1v) is 5.14. The Labute approximate surface area is 93.8 Å². The average Bonchev–Trinajstić information content (AvgIpc) is 2.73. The molecule has 1 heterocycles. The van der Waals surface area contributed by atoms with Crippen LogP contribution in [0.5, 0.6) is 0 Å². The summed E-state index contributed by atoms with van der Waals surface area (Å²) < 4.78 is 5.45. The van der Waals surface area contributed by atoms with E-state index in [-0.39, 0.29) is 12.3 Å². The third-order valence-corrected chi connectivity index (χ3v) is 2.27. The van der Waals surface area contributed by atoms with Crippen LogP contribution in [-0.4, -0.2) is 18.9 Å². The van der Waals surface area contributed by atoms with Crippen LogP contribution in [0.1, 0.15) is 10.6 Å². The molecule has 3 heteroatoms. The lowest BCUT2D eigenvalue weighted by atomic mass is 10.2. The van der Waals surface area contributed by atoms with Gasteiger partial charge in [-0.1, -0.05) is 24.3 Å². The molecule has 0 radical (unpaired) electrons. The van der Waals surface area contributed by atoms with Crippen molar-refractivity contribution >= 4 is 16.8 Å². The number of benzene rings is 1. The highest BCUT2D eigenvalue weighted by molar-refractivity contribution is 5.98. The van der Waals surface area contributed by atoms with Gasteiger partial charge in [0.15, 0.2) is 5.76 Å². The first-order chi connectivity index (χ1) is 7.81. The molecule has 2 rings (SSSR count). The normalized spacial score (nSPS) is 10.5. The Bertz CT molecular complexity index is 480. The van der Waals surface area contributed by atoms with E-state index in [1.807, 2.05) is 24.3 Å². The Hall–Kier alpha value is -1.87. The summed E-state index contributed by atoms with van der Waals surface area (Å²) in [5.41, 5.74) is 0.745. The van der Waals surface area contributed by atoms with Gasteiger partial charge in [-0.05, 0) is 12.1 Å². The summed E-state index contributed by atoms with van der Waals surface area (Å²) in [7, 11) is 0. The van der Waals surface area contributed by atoms with Crippen LogP contribution in [0, 0.1) is 0 Å². The Balaban J connectivity index is 2.13. The van der Waals surface area contributed by atoms with E-state index in [0.29, 0.717) is 12.3 Å². The van der Waals surface area contributed by atoms with E-state index >= 15 is 0 Å². The van der Waals surface area contributed by atoms with Gasteiger partial charge in [0.05, 0.1) is 6.54 Å². The number of Topliss-reactive ketones (excluding diaryl/α,β-unsaturated/α-hetero) is 1. The number of carbonyl (C=O) groups is 1. The molecule has 0 aliphatic carbocycles. The fourth-order valence-electron chi connectivity index (χ4n) is 1.49.